The number of hydrogen-bond donors (Lipinski definition) is 2. The molecule has 0 aromatic heterocycles. The van der Waals surface area contributed by atoms with E-state index in [-0.39, 0.29) is 5.54 Å². The van der Waals surface area contributed by atoms with E-state index in [0.29, 0.717) is 5.41 Å². The van der Waals surface area contributed by atoms with Crippen molar-refractivity contribution in [3.05, 3.63) is 12.2 Å². The largest absolute Gasteiger partial charge is 0.329 e. The van der Waals surface area contributed by atoms with Crippen molar-refractivity contribution >= 4 is 0 Å². The highest BCUT2D eigenvalue weighted by molar-refractivity contribution is 4.96. The Morgan fingerprint density at radius 1 is 1.28 bits per heavy atom. The summed E-state index contributed by atoms with van der Waals surface area (Å²) in [4.78, 5) is 0. The van der Waals surface area contributed by atoms with E-state index in [9.17, 15) is 0 Å². The summed E-state index contributed by atoms with van der Waals surface area (Å²) >= 11 is 0. The van der Waals surface area contributed by atoms with Gasteiger partial charge >= 0.3 is 0 Å². The fraction of sp³-hybridized carbons (Fsp3) is 0.875. The predicted octanol–water partition coefficient (Wildman–Crippen LogP) is 3.48. The van der Waals surface area contributed by atoms with Crippen molar-refractivity contribution in [2.24, 2.45) is 17.1 Å². The molecule has 1 saturated carbocycles. The van der Waals surface area contributed by atoms with Crippen molar-refractivity contribution in [3.63, 3.8) is 0 Å². The van der Waals surface area contributed by atoms with Crippen molar-refractivity contribution in [1.29, 1.82) is 0 Å². The van der Waals surface area contributed by atoms with E-state index in [1.54, 1.807) is 0 Å². The first-order valence-corrected chi connectivity index (χ1v) is 7.50. The second-order valence-electron chi connectivity index (χ2n) is 6.91. The molecule has 0 unspecified atom stereocenters. The highest BCUT2D eigenvalue weighted by Gasteiger charge is 2.37. The second-order valence-corrected chi connectivity index (χ2v) is 6.91. The van der Waals surface area contributed by atoms with Gasteiger partial charge in [-0.3, -0.25) is 0 Å². The van der Waals surface area contributed by atoms with Gasteiger partial charge in [-0.25, -0.2) is 0 Å². The molecule has 0 bridgehead atoms. The van der Waals surface area contributed by atoms with Crippen LogP contribution >= 0.6 is 0 Å². The maximum atomic E-state index is 6.03. The molecule has 0 aliphatic heterocycles. The van der Waals surface area contributed by atoms with Crippen molar-refractivity contribution in [2.45, 2.75) is 65.3 Å². The van der Waals surface area contributed by atoms with Crippen LogP contribution in [-0.2, 0) is 0 Å². The lowest BCUT2D eigenvalue weighted by Crippen LogP contribution is -2.54. The average Bonchev–Trinajstić information content (AvgIpc) is 2.34. The minimum absolute atomic E-state index is 0.212. The Bertz CT molecular complexity index is 255. The van der Waals surface area contributed by atoms with Crippen LogP contribution < -0.4 is 11.1 Å². The fourth-order valence-corrected chi connectivity index (χ4v) is 3.08. The van der Waals surface area contributed by atoms with Gasteiger partial charge in [0.2, 0.25) is 0 Å². The van der Waals surface area contributed by atoms with Crippen LogP contribution in [0, 0.1) is 11.3 Å². The van der Waals surface area contributed by atoms with E-state index in [1.165, 1.54) is 25.7 Å². The second kappa shape index (κ2) is 6.72. The van der Waals surface area contributed by atoms with Crippen molar-refractivity contribution in [1.82, 2.24) is 5.32 Å². The molecule has 3 N–H and O–H groups in total. The van der Waals surface area contributed by atoms with E-state index in [0.717, 1.165) is 25.4 Å². The molecular weight excluding hydrogens is 220 g/mol. The van der Waals surface area contributed by atoms with Crippen LogP contribution in [0.2, 0.25) is 0 Å². The lowest BCUT2D eigenvalue weighted by molar-refractivity contribution is 0.118. The van der Waals surface area contributed by atoms with Crippen LogP contribution in [0.3, 0.4) is 0 Å². The minimum Gasteiger partial charge on any atom is -0.329 e. The average molecular weight is 252 g/mol. The lowest BCUT2D eigenvalue weighted by Gasteiger charge is -2.44. The normalized spacial score (nSPS) is 29.9. The standard InChI is InChI=1S/C16H32N2/c1-5-6-7-12-18-16(13-17)10-8-14(9-11-16)15(2,3)4/h5-6,14,18H,7-13,17H2,1-4H3/b6-5+. The number of allylic oxidation sites excluding steroid dienone is 1. The van der Waals surface area contributed by atoms with E-state index in [2.05, 4.69) is 45.2 Å². The first-order valence-electron chi connectivity index (χ1n) is 7.50. The van der Waals surface area contributed by atoms with Gasteiger partial charge in [0.25, 0.3) is 0 Å². The first kappa shape index (κ1) is 15.7. The molecule has 1 fully saturated rings. The zero-order valence-electron chi connectivity index (χ0n) is 12.8. The van der Waals surface area contributed by atoms with E-state index >= 15 is 0 Å². The third-order valence-corrected chi connectivity index (χ3v) is 4.60. The fourth-order valence-electron chi connectivity index (χ4n) is 3.08. The molecular formula is C16H32N2. The highest BCUT2D eigenvalue weighted by Crippen LogP contribution is 2.41. The molecule has 18 heavy (non-hydrogen) atoms. The van der Waals surface area contributed by atoms with E-state index in [1.807, 2.05) is 0 Å². The lowest BCUT2D eigenvalue weighted by atomic mass is 9.67. The van der Waals surface area contributed by atoms with Gasteiger partial charge in [0.05, 0.1) is 0 Å². The summed E-state index contributed by atoms with van der Waals surface area (Å²) in [5.74, 6) is 0.856. The van der Waals surface area contributed by atoms with Crippen LogP contribution in [0.1, 0.15) is 59.8 Å². The van der Waals surface area contributed by atoms with E-state index in [4.69, 9.17) is 5.73 Å². The maximum absolute atomic E-state index is 6.03. The third kappa shape index (κ3) is 4.40. The molecule has 106 valence electrons. The summed E-state index contributed by atoms with van der Waals surface area (Å²) in [7, 11) is 0. The van der Waals surface area contributed by atoms with Crippen LogP contribution in [0.25, 0.3) is 0 Å². The molecule has 2 nitrogen and oxygen atoms in total. The Hall–Kier alpha value is -0.340. The van der Waals surface area contributed by atoms with Gasteiger partial charge in [0, 0.05) is 12.1 Å². The maximum Gasteiger partial charge on any atom is 0.0304 e. The molecule has 0 aromatic rings. The molecule has 0 heterocycles. The summed E-state index contributed by atoms with van der Waals surface area (Å²) in [6.45, 7) is 11.0. The summed E-state index contributed by atoms with van der Waals surface area (Å²) in [5.41, 5.74) is 6.69. The van der Waals surface area contributed by atoms with Crippen LogP contribution in [0.4, 0.5) is 0 Å². The van der Waals surface area contributed by atoms with Crippen LogP contribution in [0.5, 0.6) is 0 Å². The summed E-state index contributed by atoms with van der Waals surface area (Å²) in [6, 6.07) is 0. The van der Waals surface area contributed by atoms with Gasteiger partial charge in [-0.15, -0.1) is 0 Å². The highest BCUT2D eigenvalue weighted by atomic mass is 15.0. The minimum atomic E-state index is 0.212. The van der Waals surface area contributed by atoms with Gasteiger partial charge in [0.15, 0.2) is 0 Å². The van der Waals surface area contributed by atoms with Gasteiger partial charge in [-0.05, 0) is 56.9 Å². The monoisotopic (exact) mass is 252 g/mol. The van der Waals surface area contributed by atoms with Crippen molar-refractivity contribution in [3.8, 4) is 0 Å². The molecule has 0 atom stereocenters. The van der Waals surface area contributed by atoms with Crippen molar-refractivity contribution in [2.75, 3.05) is 13.1 Å². The molecule has 0 aromatic carbocycles. The molecule has 1 aliphatic carbocycles. The Morgan fingerprint density at radius 3 is 2.33 bits per heavy atom. The Balaban J connectivity index is 2.44. The van der Waals surface area contributed by atoms with Crippen LogP contribution in [0.15, 0.2) is 12.2 Å². The molecule has 0 spiro atoms. The van der Waals surface area contributed by atoms with Gasteiger partial charge < -0.3 is 11.1 Å². The Labute approximate surface area is 113 Å². The topological polar surface area (TPSA) is 38.0 Å². The molecule has 1 aliphatic rings. The van der Waals surface area contributed by atoms with Gasteiger partial charge in [-0.2, -0.15) is 0 Å². The molecule has 0 saturated heterocycles. The van der Waals surface area contributed by atoms with Gasteiger partial charge in [-0.1, -0.05) is 32.9 Å². The zero-order chi connectivity index (χ0) is 13.6. The molecule has 0 radical (unpaired) electrons. The van der Waals surface area contributed by atoms with Crippen molar-refractivity contribution < 1.29 is 0 Å². The Kier molecular flexibility index (Phi) is 5.87. The third-order valence-electron chi connectivity index (χ3n) is 4.60. The van der Waals surface area contributed by atoms with Gasteiger partial charge in [0.1, 0.15) is 0 Å². The number of rotatable bonds is 5. The molecule has 2 heteroatoms. The number of nitrogens with two attached hydrogens (primary N) is 1. The smallest absolute Gasteiger partial charge is 0.0304 e. The predicted molar refractivity (Wildman–Crippen MR) is 80.6 cm³/mol. The summed E-state index contributed by atoms with van der Waals surface area (Å²) in [6.07, 6.45) is 10.6. The molecule has 1 rings (SSSR count). The Morgan fingerprint density at radius 2 is 1.89 bits per heavy atom. The first-order chi connectivity index (χ1) is 8.43. The summed E-state index contributed by atoms with van der Waals surface area (Å²) < 4.78 is 0. The number of hydrogen-bond acceptors (Lipinski definition) is 2. The van der Waals surface area contributed by atoms with Crippen LogP contribution in [-0.4, -0.2) is 18.6 Å². The van der Waals surface area contributed by atoms with E-state index < -0.39 is 0 Å². The zero-order valence-corrected chi connectivity index (χ0v) is 12.8. The molecule has 0 amide bonds. The number of nitrogens with one attached hydrogen (secondary N) is 1. The summed E-state index contributed by atoms with van der Waals surface area (Å²) in [5, 5.41) is 3.72. The SMILES string of the molecule is C/C=C/CCNC1(CN)CCC(C(C)(C)C)CC1. The quantitative estimate of drug-likeness (QED) is 0.581.